The van der Waals surface area contributed by atoms with Crippen molar-refractivity contribution in [1.29, 1.82) is 0 Å². The first-order chi connectivity index (χ1) is 8.08. The summed E-state index contributed by atoms with van der Waals surface area (Å²) in [4.78, 5) is 18.0. The lowest BCUT2D eigenvalue weighted by Gasteiger charge is -2.33. The Morgan fingerprint density at radius 1 is 1.53 bits per heavy atom. The molecule has 0 N–H and O–H groups in total. The topological polar surface area (TPSA) is 33.2 Å². The van der Waals surface area contributed by atoms with Gasteiger partial charge in [0.25, 0.3) is 5.91 Å². The van der Waals surface area contributed by atoms with Gasteiger partial charge in [-0.15, -0.1) is 11.6 Å². The predicted molar refractivity (Wildman–Crippen MR) is 68.6 cm³/mol. The van der Waals surface area contributed by atoms with Crippen molar-refractivity contribution < 1.29 is 4.79 Å². The van der Waals surface area contributed by atoms with Crippen LogP contribution in [0.2, 0.25) is 5.02 Å². The van der Waals surface area contributed by atoms with Crippen molar-refractivity contribution in [2.75, 3.05) is 13.1 Å². The van der Waals surface area contributed by atoms with Gasteiger partial charge in [-0.25, -0.2) is 4.98 Å². The fourth-order valence-corrected chi connectivity index (χ4v) is 2.25. The van der Waals surface area contributed by atoms with Crippen molar-refractivity contribution in [3.8, 4) is 0 Å². The van der Waals surface area contributed by atoms with Gasteiger partial charge in [0.1, 0.15) is 5.69 Å². The Kier molecular flexibility index (Phi) is 3.89. The summed E-state index contributed by atoms with van der Waals surface area (Å²) < 4.78 is 0. The molecule has 92 valence electrons. The maximum Gasteiger partial charge on any atom is 0.272 e. The molecule has 0 spiro atoms. The average molecular weight is 273 g/mol. The largest absolute Gasteiger partial charge is 0.337 e. The highest BCUT2D eigenvalue weighted by molar-refractivity contribution is 6.30. The first-order valence-corrected chi connectivity index (χ1v) is 6.44. The Bertz CT molecular complexity index is 407. The molecule has 1 aliphatic rings. The number of alkyl halides is 1. The second-order valence-electron chi connectivity index (χ2n) is 4.39. The predicted octanol–water partition coefficient (Wildman–Crippen LogP) is 2.82. The van der Waals surface area contributed by atoms with Gasteiger partial charge in [-0.05, 0) is 24.5 Å². The van der Waals surface area contributed by atoms with Gasteiger partial charge >= 0.3 is 0 Å². The number of carbonyl (C=O) groups is 1. The zero-order valence-electron chi connectivity index (χ0n) is 9.57. The molecule has 1 saturated heterocycles. The van der Waals surface area contributed by atoms with Gasteiger partial charge in [0.2, 0.25) is 0 Å². The molecule has 2 rings (SSSR count). The van der Waals surface area contributed by atoms with Crippen LogP contribution < -0.4 is 0 Å². The molecule has 2 heterocycles. The summed E-state index contributed by atoms with van der Waals surface area (Å²) >= 11 is 11.9. The molecule has 5 heteroatoms. The first kappa shape index (κ1) is 12.7. The summed E-state index contributed by atoms with van der Waals surface area (Å²) in [5.41, 5.74) is 0.439. The van der Waals surface area contributed by atoms with E-state index in [1.807, 2.05) is 0 Å². The summed E-state index contributed by atoms with van der Waals surface area (Å²) in [5, 5.41) is 0.701. The van der Waals surface area contributed by atoms with E-state index < -0.39 is 0 Å². The van der Waals surface area contributed by atoms with Crippen LogP contribution in [0.25, 0.3) is 0 Å². The van der Waals surface area contributed by atoms with Crippen LogP contribution in [-0.4, -0.2) is 34.3 Å². The van der Waals surface area contributed by atoms with E-state index in [2.05, 4.69) is 11.9 Å². The van der Waals surface area contributed by atoms with Crippen molar-refractivity contribution in [2.24, 2.45) is 5.92 Å². The van der Waals surface area contributed by atoms with E-state index in [9.17, 15) is 4.79 Å². The van der Waals surface area contributed by atoms with E-state index in [0.717, 1.165) is 6.42 Å². The van der Waals surface area contributed by atoms with Gasteiger partial charge < -0.3 is 4.90 Å². The van der Waals surface area contributed by atoms with Crippen molar-refractivity contribution in [3.05, 3.63) is 29.0 Å². The summed E-state index contributed by atoms with van der Waals surface area (Å²) in [5.74, 6) is 0.277. The van der Waals surface area contributed by atoms with Gasteiger partial charge in [0, 0.05) is 24.7 Å². The number of hydrogen-bond acceptors (Lipinski definition) is 2. The van der Waals surface area contributed by atoms with Gasteiger partial charge in [-0.3, -0.25) is 4.79 Å². The second-order valence-corrected chi connectivity index (χ2v) is 5.39. The van der Waals surface area contributed by atoms with Crippen molar-refractivity contribution in [1.82, 2.24) is 9.88 Å². The van der Waals surface area contributed by atoms with Gasteiger partial charge in [-0.1, -0.05) is 18.5 Å². The normalized spacial score (nSPS) is 24.8. The molecule has 0 aliphatic carbocycles. The molecular weight excluding hydrogens is 259 g/mol. The standard InChI is InChI=1S/C12H14Cl2N2O/c1-8-7-16(5-4-10(8)14)12(17)11-3-2-9(13)6-15-11/h2-3,6,8,10H,4-5,7H2,1H3. The number of aromatic nitrogens is 1. The SMILES string of the molecule is CC1CN(C(=O)c2ccc(Cl)cn2)CCC1Cl. The van der Waals surface area contributed by atoms with Crippen LogP contribution in [0.3, 0.4) is 0 Å². The number of piperidine rings is 1. The maximum atomic E-state index is 12.1. The second kappa shape index (κ2) is 5.23. The number of halogens is 2. The van der Waals surface area contributed by atoms with Crippen LogP contribution in [0.4, 0.5) is 0 Å². The van der Waals surface area contributed by atoms with Gasteiger partial charge in [0.05, 0.1) is 5.02 Å². The van der Waals surface area contributed by atoms with Crippen LogP contribution in [0, 0.1) is 5.92 Å². The molecule has 0 bridgehead atoms. The van der Waals surface area contributed by atoms with E-state index in [0.29, 0.717) is 29.7 Å². The van der Waals surface area contributed by atoms with Crippen LogP contribution in [0.5, 0.6) is 0 Å². The summed E-state index contributed by atoms with van der Waals surface area (Å²) in [6, 6.07) is 3.33. The zero-order chi connectivity index (χ0) is 12.4. The minimum Gasteiger partial charge on any atom is -0.337 e. The summed E-state index contributed by atoms with van der Waals surface area (Å²) in [7, 11) is 0. The number of hydrogen-bond donors (Lipinski definition) is 0. The molecule has 1 aromatic rings. The first-order valence-electron chi connectivity index (χ1n) is 5.63. The van der Waals surface area contributed by atoms with E-state index in [4.69, 9.17) is 23.2 Å². The van der Waals surface area contributed by atoms with E-state index in [-0.39, 0.29) is 11.3 Å². The average Bonchev–Trinajstić information content (AvgIpc) is 2.33. The molecule has 1 aromatic heterocycles. The molecule has 2 unspecified atom stereocenters. The number of nitrogens with zero attached hydrogens (tertiary/aromatic N) is 2. The van der Waals surface area contributed by atoms with Gasteiger partial charge in [-0.2, -0.15) is 0 Å². The third kappa shape index (κ3) is 2.90. The monoisotopic (exact) mass is 272 g/mol. The molecule has 1 aliphatic heterocycles. The van der Waals surface area contributed by atoms with Crippen LogP contribution in [0.1, 0.15) is 23.8 Å². The number of pyridine rings is 1. The lowest BCUT2D eigenvalue weighted by Crippen LogP contribution is -2.43. The van der Waals surface area contributed by atoms with Crippen molar-refractivity contribution in [2.45, 2.75) is 18.7 Å². The third-order valence-corrected chi connectivity index (χ3v) is 3.91. The number of likely N-dealkylation sites (tertiary alicyclic amines) is 1. The summed E-state index contributed by atoms with van der Waals surface area (Å²) in [6.07, 6.45) is 2.33. The zero-order valence-corrected chi connectivity index (χ0v) is 11.1. The quantitative estimate of drug-likeness (QED) is 0.737. The Hall–Kier alpha value is -0.800. The fraction of sp³-hybridized carbons (Fsp3) is 0.500. The van der Waals surface area contributed by atoms with Crippen molar-refractivity contribution >= 4 is 29.1 Å². The highest BCUT2D eigenvalue weighted by atomic mass is 35.5. The maximum absolute atomic E-state index is 12.1. The minimum atomic E-state index is -0.0444. The molecule has 2 atom stereocenters. The number of rotatable bonds is 1. The number of carbonyl (C=O) groups excluding carboxylic acids is 1. The van der Waals surface area contributed by atoms with E-state index in [1.165, 1.54) is 6.20 Å². The Labute approximate surface area is 111 Å². The van der Waals surface area contributed by atoms with Gasteiger partial charge in [0.15, 0.2) is 0 Å². The van der Waals surface area contributed by atoms with E-state index >= 15 is 0 Å². The van der Waals surface area contributed by atoms with E-state index in [1.54, 1.807) is 17.0 Å². The molecule has 0 radical (unpaired) electrons. The number of amides is 1. The smallest absolute Gasteiger partial charge is 0.272 e. The Morgan fingerprint density at radius 2 is 2.29 bits per heavy atom. The lowest BCUT2D eigenvalue weighted by atomic mass is 9.99. The lowest BCUT2D eigenvalue weighted by molar-refractivity contribution is 0.0681. The Morgan fingerprint density at radius 3 is 2.88 bits per heavy atom. The highest BCUT2D eigenvalue weighted by Gasteiger charge is 2.28. The van der Waals surface area contributed by atoms with Crippen molar-refractivity contribution in [3.63, 3.8) is 0 Å². The molecule has 3 nitrogen and oxygen atoms in total. The molecule has 0 saturated carbocycles. The Balaban J connectivity index is 2.08. The molecule has 1 fully saturated rings. The summed E-state index contributed by atoms with van der Waals surface area (Å²) in [6.45, 7) is 3.45. The van der Waals surface area contributed by atoms with Crippen LogP contribution in [0.15, 0.2) is 18.3 Å². The highest BCUT2D eigenvalue weighted by Crippen LogP contribution is 2.22. The molecule has 1 amide bonds. The minimum absolute atomic E-state index is 0.0444. The fourth-order valence-electron chi connectivity index (χ4n) is 1.97. The molecule has 17 heavy (non-hydrogen) atoms. The van der Waals surface area contributed by atoms with Crippen LogP contribution >= 0.6 is 23.2 Å². The molecule has 0 aromatic carbocycles. The third-order valence-electron chi connectivity index (χ3n) is 3.03. The van der Waals surface area contributed by atoms with Crippen LogP contribution in [-0.2, 0) is 0 Å². The molecular formula is C12H14Cl2N2O.